The monoisotopic (exact) mass is 430 g/mol. The molecule has 0 atom stereocenters. The molecule has 0 aliphatic rings. The smallest absolute Gasteiger partial charge is 0.135 e. The van der Waals surface area contributed by atoms with Crippen LogP contribution in [0.25, 0.3) is 21.5 Å². The average Bonchev–Trinajstić information content (AvgIpc) is 2.79. The zero-order valence-corrected chi connectivity index (χ0v) is 20.2. The summed E-state index contributed by atoms with van der Waals surface area (Å²) < 4.78 is 12.8. The number of allylic oxidation sites excluding steroid dienone is 2. The lowest BCUT2D eigenvalue weighted by molar-refractivity contribution is 0.327. The molecule has 0 heterocycles. The third-order valence-electron chi connectivity index (χ3n) is 5.63. The lowest BCUT2D eigenvalue weighted by Crippen LogP contribution is -2.02. The van der Waals surface area contributed by atoms with Crippen LogP contribution in [0.15, 0.2) is 60.7 Å². The van der Waals surface area contributed by atoms with Crippen molar-refractivity contribution in [2.45, 2.75) is 66.2 Å². The first-order valence-corrected chi connectivity index (χ1v) is 12.2. The first-order valence-electron chi connectivity index (χ1n) is 12.2. The van der Waals surface area contributed by atoms with Crippen LogP contribution in [0.4, 0.5) is 0 Å². The second-order valence-electron chi connectivity index (χ2n) is 8.55. The Labute approximate surface area is 193 Å². The molecule has 3 aromatic rings. The molecule has 0 aromatic heterocycles. The van der Waals surface area contributed by atoms with E-state index in [0.717, 1.165) is 58.7 Å². The first kappa shape index (κ1) is 23.9. The number of rotatable bonds is 12. The summed E-state index contributed by atoms with van der Waals surface area (Å²) >= 11 is 0. The van der Waals surface area contributed by atoms with Crippen LogP contribution in [0.5, 0.6) is 11.5 Å². The van der Waals surface area contributed by atoms with Gasteiger partial charge in [0.2, 0.25) is 0 Å². The maximum absolute atomic E-state index is 6.43. The van der Waals surface area contributed by atoms with E-state index in [1.54, 1.807) is 0 Å². The minimum absolute atomic E-state index is 0.675. The normalized spacial score (nSPS) is 11.9. The van der Waals surface area contributed by atoms with Gasteiger partial charge in [-0.3, -0.25) is 0 Å². The van der Waals surface area contributed by atoms with Crippen molar-refractivity contribution < 1.29 is 9.47 Å². The van der Waals surface area contributed by atoms with E-state index in [2.05, 4.69) is 88.4 Å². The van der Waals surface area contributed by atoms with Crippen molar-refractivity contribution in [2.75, 3.05) is 13.2 Å². The molecule has 0 radical (unpaired) electrons. The van der Waals surface area contributed by atoms with Gasteiger partial charge in [-0.15, -0.1) is 0 Å². The Morgan fingerprint density at radius 3 is 1.41 bits per heavy atom. The van der Waals surface area contributed by atoms with Crippen LogP contribution < -0.4 is 9.47 Å². The molecule has 0 amide bonds. The van der Waals surface area contributed by atoms with Crippen molar-refractivity contribution in [1.29, 1.82) is 0 Å². The van der Waals surface area contributed by atoms with Gasteiger partial charge >= 0.3 is 0 Å². The van der Waals surface area contributed by atoms with E-state index in [9.17, 15) is 0 Å². The largest absolute Gasteiger partial charge is 0.492 e. The van der Waals surface area contributed by atoms with Gasteiger partial charge in [0.25, 0.3) is 0 Å². The maximum Gasteiger partial charge on any atom is 0.135 e. The molecule has 0 bridgehead atoms. The van der Waals surface area contributed by atoms with Crippen LogP contribution in [0.1, 0.15) is 63.5 Å². The number of fused-ring (bicyclic) bond motifs is 2. The van der Waals surface area contributed by atoms with Gasteiger partial charge in [0.05, 0.1) is 13.2 Å². The van der Waals surface area contributed by atoms with Crippen molar-refractivity contribution in [2.24, 2.45) is 0 Å². The summed E-state index contributed by atoms with van der Waals surface area (Å²) in [6, 6.07) is 13.1. The summed E-state index contributed by atoms with van der Waals surface area (Å²) in [6.45, 7) is 10.0. The number of benzene rings is 3. The number of aryl methyl sites for hydroxylation is 2. The molecule has 0 N–H and O–H groups in total. The summed E-state index contributed by atoms with van der Waals surface area (Å²) in [5.74, 6) is 1.94. The van der Waals surface area contributed by atoms with Crippen LogP contribution in [0.3, 0.4) is 0 Å². The van der Waals surface area contributed by atoms with Crippen LogP contribution in [-0.2, 0) is 0 Å². The maximum atomic E-state index is 6.43. The molecule has 0 unspecified atom stereocenters. The number of hydrogen-bond acceptors (Lipinski definition) is 2. The van der Waals surface area contributed by atoms with Gasteiger partial charge in [0.15, 0.2) is 0 Å². The van der Waals surface area contributed by atoms with E-state index >= 15 is 0 Å². The molecule has 3 rings (SSSR count). The predicted molar refractivity (Wildman–Crippen MR) is 139 cm³/mol. The average molecular weight is 431 g/mol. The van der Waals surface area contributed by atoms with Crippen molar-refractivity contribution in [3.05, 3.63) is 71.8 Å². The van der Waals surface area contributed by atoms with Crippen molar-refractivity contribution in [1.82, 2.24) is 0 Å². The second-order valence-corrected chi connectivity index (χ2v) is 8.55. The van der Waals surface area contributed by atoms with Gasteiger partial charge in [0.1, 0.15) is 11.5 Å². The summed E-state index contributed by atoms with van der Waals surface area (Å²) in [4.78, 5) is 0. The molecule has 0 aliphatic carbocycles. The summed E-state index contributed by atoms with van der Waals surface area (Å²) in [6.07, 6.45) is 15.4. The van der Waals surface area contributed by atoms with E-state index in [1.165, 1.54) is 24.0 Å². The molecule has 0 fully saturated rings. The topological polar surface area (TPSA) is 18.5 Å². The molecule has 0 aliphatic heterocycles. The standard InChI is InChI=1S/C30H38O2/c1-5-7-9-11-13-19-31-29-25-17-15-23(3)21-27(25)30(32-20-14-12-10-8-6-2)28-22-24(4)16-18-26(28)29/h9-12,15-18,21-22H,5-8,13-14,19-20H2,1-4H3/b11-9+,12-10+. The molecule has 170 valence electrons. The molecule has 2 heteroatoms. The number of ether oxygens (including phenoxy) is 2. The molecule has 0 saturated heterocycles. The quantitative estimate of drug-likeness (QED) is 0.162. The highest BCUT2D eigenvalue weighted by molar-refractivity contribution is 6.11. The highest BCUT2D eigenvalue weighted by Crippen LogP contribution is 2.43. The van der Waals surface area contributed by atoms with Crippen molar-refractivity contribution >= 4 is 21.5 Å². The minimum atomic E-state index is 0.675. The van der Waals surface area contributed by atoms with Crippen LogP contribution >= 0.6 is 0 Å². The van der Waals surface area contributed by atoms with Gasteiger partial charge in [0, 0.05) is 21.5 Å². The van der Waals surface area contributed by atoms with Crippen molar-refractivity contribution in [3.63, 3.8) is 0 Å². The minimum Gasteiger partial charge on any atom is -0.492 e. The fourth-order valence-electron chi connectivity index (χ4n) is 3.95. The lowest BCUT2D eigenvalue weighted by atomic mass is 9.98. The van der Waals surface area contributed by atoms with E-state index in [1.807, 2.05) is 0 Å². The van der Waals surface area contributed by atoms with E-state index in [0.29, 0.717) is 13.2 Å². The van der Waals surface area contributed by atoms with E-state index in [4.69, 9.17) is 9.47 Å². The molecular formula is C30H38O2. The van der Waals surface area contributed by atoms with Crippen molar-refractivity contribution in [3.8, 4) is 11.5 Å². The van der Waals surface area contributed by atoms with Gasteiger partial charge in [-0.1, -0.05) is 86.4 Å². The lowest BCUT2D eigenvalue weighted by Gasteiger charge is -2.18. The third kappa shape index (κ3) is 6.16. The third-order valence-corrected chi connectivity index (χ3v) is 5.63. The van der Waals surface area contributed by atoms with Crippen LogP contribution in [0, 0.1) is 13.8 Å². The van der Waals surface area contributed by atoms with Gasteiger partial charge in [-0.25, -0.2) is 0 Å². The molecule has 3 aromatic carbocycles. The number of unbranched alkanes of at least 4 members (excludes halogenated alkanes) is 2. The Bertz CT molecular complexity index is 1010. The second kappa shape index (κ2) is 12.3. The fourth-order valence-corrected chi connectivity index (χ4v) is 3.95. The Hall–Kier alpha value is -2.74. The molecule has 0 saturated carbocycles. The van der Waals surface area contributed by atoms with Crippen LogP contribution in [-0.4, -0.2) is 13.2 Å². The van der Waals surface area contributed by atoms with Gasteiger partial charge < -0.3 is 9.47 Å². The highest BCUT2D eigenvalue weighted by atomic mass is 16.5. The number of hydrogen-bond donors (Lipinski definition) is 0. The summed E-state index contributed by atoms with van der Waals surface area (Å²) in [5, 5.41) is 4.52. The molecule has 32 heavy (non-hydrogen) atoms. The Kier molecular flexibility index (Phi) is 9.22. The predicted octanol–water partition coefficient (Wildman–Crippen LogP) is 8.86. The first-order chi connectivity index (χ1) is 15.7. The SMILES string of the molecule is CCC/C=C/CCOc1c2ccc(C)cc2c(OCC/C=C/CCC)c2cc(C)ccc12. The van der Waals surface area contributed by atoms with Gasteiger partial charge in [-0.05, 0) is 51.7 Å². The highest BCUT2D eigenvalue weighted by Gasteiger charge is 2.16. The molecule has 2 nitrogen and oxygen atoms in total. The van der Waals surface area contributed by atoms with Gasteiger partial charge in [-0.2, -0.15) is 0 Å². The fraction of sp³-hybridized carbons (Fsp3) is 0.400. The Morgan fingerprint density at radius 1 is 0.562 bits per heavy atom. The summed E-state index contributed by atoms with van der Waals surface area (Å²) in [5.41, 5.74) is 2.45. The zero-order chi connectivity index (χ0) is 22.8. The Balaban J connectivity index is 1.98. The zero-order valence-electron chi connectivity index (χ0n) is 20.2. The van der Waals surface area contributed by atoms with E-state index in [-0.39, 0.29) is 0 Å². The molecule has 0 spiro atoms. The summed E-state index contributed by atoms with van der Waals surface area (Å²) in [7, 11) is 0. The Morgan fingerprint density at radius 2 is 0.969 bits per heavy atom. The molecular weight excluding hydrogens is 392 g/mol. The van der Waals surface area contributed by atoms with Crippen LogP contribution in [0.2, 0.25) is 0 Å². The van der Waals surface area contributed by atoms with E-state index < -0.39 is 0 Å².